The highest BCUT2D eigenvalue weighted by Gasteiger charge is 2.07. The molecule has 0 bridgehead atoms. The van der Waals surface area contributed by atoms with E-state index in [2.05, 4.69) is 15.3 Å². The van der Waals surface area contributed by atoms with Crippen LogP contribution in [-0.4, -0.2) is 41.4 Å². The summed E-state index contributed by atoms with van der Waals surface area (Å²) in [5, 5.41) is 13.1. The molecule has 2 rings (SSSR count). The number of nitrogens with zero attached hydrogens (tertiary/aromatic N) is 1. The van der Waals surface area contributed by atoms with Crippen LogP contribution in [0.25, 0.3) is 10.9 Å². The van der Waals surface area contributed by atoms with Gasteiger partial charge in [0.1, 0.15) is 0 Å². The number of methoxy groups -OCH3 is 1. The van der Waals surface area contributed by atoms with Gasteiger partial charge in [-0.2, -0.15) is 0 Å². The van der Waals surface area contributed by atoms with Crippen molar-refractivity contribution in [3.8, 4) is 0 Å². The van der Waals surface area contributed by atoms with E-state index in [9.17, 15) is 9.90 Å². The fourth-order valence-corrected chi connectivity index (χ4v) is 1.93. The first-order valence-corrected chi connectivity index (χ1v) is 6.29. The van der Waals surface area contributed by atoms with Gasteiger partial charge in [-0.15, -0.1) is 0 Å². The topological polar surface area (TPSA) is 113 Å². The zero-order valence-electron chi connectivity index (χ0n) is 11.2. The summed E-state index contributed by atoms with van der Waals surface area (Å²) in [6, 6.07) is 3.32. The van der Waals surface area contributed by atoms with Crippen molar-refractivity contribution in [3.05, 3.63) is 28.8 Å². The molecule has 0 fully saturated rings. The Labute approximate surface area is 115 Å². The Bertz CT molecular complexity index is 641. The van der Waals surface area contributed by atoms with Gasteiger partial charge in [-0.25, -0.2) is 4.98 Å². The second kappa shape index (κ2) is 6.36. The van der Waals surface area contributed by atoms with Gasteiger partial charge in [-0.3, -0.25) is 4.79 Å². The Kier molecular flexibility index (Phi) is 4.54. The predicted molar refractivity (Wildman–Crippen MR) is 77.8 cm³/mol. The Balaban J connectivity index is 2.11. The Morgan fingerprint density at radius 1 is 1.55 bits per heavy atom. The molecule has 0 saturated carbocycles. The molecule has 1 aromatic carbocycles. The van der Waals surface area contributed by atoms with Gasteiger partial charge in [0, 0.05) is 13.7 Å². The summed E-state index contributed by atoms with van der Waals surface area (Å²) in [6.45, 7) is 0.842. The molecule has 0 aliphatic heterocycles. The fraction of sp³-hybridized carbons (Fsp3) is 0.385. The number of benzene rings is 1. The van der Waals surface area contributed by atoms with E-state index >= 15 is 0 Å². The van der Waals surface area contributed by atoms with Gasteiger partial charge >= 0.3 is 0 Å². The number of aliphatic hydroxyl groups is 1. The van der Waals surface area contributed by atoms with Crippen molar-refractivity contribution >= 4 is 22.3 Å². The van der Waals surface area contributed by atoms with Crippen molar-refractivity contribution in [2.45, 2.75) is 12.5 Å². The number of aromatic amines is 1. The van der Waals surface area contributed by atoms with Crippen LogP contribution < -0.4 is 16.6 Å². The SMILES string of the molecule is COCC(O)CCNc1cc2nc[nH]c(=O)c2cc1N. The molecule has 2 aromatic rings. The maximum absolute atomic E-state index is 11.6. The third kappa shape index (κ3) is 3.25. The number of rotatable bonds is 6. The molecule has 0 aliphatic carbocycles. The van der Waals surface area contributed by atoms with Crippen LogP contribution in [0.4, 0.5) is 11.4 Å². The first-order chi connectivity index (χ1) is 9.61. The Morgan fingerprint density at radius 2 is 2.35 bits per heavy atom. The molecule has 0 spiro atoms. The lowest BCUT2D eigenvalue weighted by molar-refractivity contribution is 0.0615. The van der Waals surface area contributed by atoms with Crippen molar-refractivity contribution in [1.82, 2.24) is 9.97 Å². The third-order valence-corrected chi connectivity index (χ3v) is 2.96. The number of aromatic nitrogens is 2. The first kappa shape index (κ1) is 14.3. The quantitative estimate of drug-likeness (QED) is 0.566. The van der Waals surface area contributed by atoms with Crippen molar-refractivity contribution in [2.75, 3.05) is 31.3 Å². The van der Waals surface area contributed by atoms with Crippen LogP contribution in [0.15, 0.2) is 23.3 Å². The molecule has 0 aliphatic rings. The van der Waals surface area contributed by atoms with E-state index in [1.807, 2.05) is 0 Å². The van der Waals surface area contributed by atoms with Gasteiger partial charge < -0.3 is 25.9 Å². The lowest BCUT2D eigenvalue weighted by Crippen LogP contribution is -2.18. The summed E-state index contributed by atoms with van der Waals surface area (Å²) in [5.74, 6) is 0. The molecule has 0 radical (unpaired) electrons. The van der Waals surface area contributed by atoms with Gasteiger partial charge in [-0.1, -0.05) is 0 Å². The number of nitrogens with two attached hydrogens (primary N) is 1. The van der Waals surface area contributed by atoms with Crippen molar-refractivity contribution in [1.29, 1.82) is 0 Å². The van der Waals surface area contributed by atoms with Crippen LogP contribution in [0.2, 0.25) is 0 Å². The minimum Gasteiger partial charge on any atom is -0.397 e. The second-order valence-corrected chi connectivity index (χ2v) is 4.51. The van der Waals surface area contributed by atoms with Gasteiger partial charge in [0.2, 0.25) is 0 Å². The Hall–Kier alpha value is -2.12. The molecule has 7 nitrogen and oxygen atoms in total. The molecule has 7 heteroatoms. The molecule has 1 heterocycles. The molecular weight excluding hydrogens is 260 g/mol. The average molecular weight is 278 g/mol. The van der Waals surface area contributed by atoms with Gasteiger partial charge in [0.15, 0.2) is 0 Å². The van der Waals surface area contributed by atoms with E-state index in [4.69, 9.17) is 10.5 Å². The van der Waals surface area contributed by atoms with E-state index < -0.39 is 6.10 Å². The maximum atomic E-state index is 11.6. The summed E-state index contributed by atoms with van der Waals surface area (Å²) in [4.78, 5) is 18.2. The monoisotopic (exact) mass is 278 g/mol. The molecule has 0 amide bonds. The van der Waals surface area contributed by atoms with Gasteiger partial charge in [0.25, 0.3) is 5.56 Å². The third-order valence-electron chi connectivity index (χ3n) is 2.96. The molecule has 1 unspecified atom stereocenters. The summed E-state index contributed by atoms with van der Waals surface area (Å²) in [6.07, 6.45) is 1.37. The number of anilines is 2. The predicted octanol–water partition coefficient (Wildman–Crippen LogP) is 0.315. The number of aliphatic hydroxyl groups excluding tert-OH is 1. The molecular formula is C13H18N4O3. The highest BCUT2D eigenvalue weighted by Crippen LogP contribution is 2.22. The van der Waals surface area contributed by atoms with Crippen LogP contribution in [-0.2, 0) is 4.74 Å². The summed E-state index contributed by atoms with van der Waals surface area (Å²) in [5.41, 5.74) is 7.42. The van der Waals surface area contributed by atoms with Crippen molar-refractivity contribution in [2.24, 2.45) is 0 Å². The molecule has 5 N–H and O–H groups in total. The number of hydrogen-bond donors (Lipinski definition) is 4. The maximum Gasteiger partial charge on any atom is 0.258 e. The molecule has 1 atom stereocenters. The fourth-order valence-electron chi connectivity index (χ4n) is 1.93. The molecule has 1 aromatic heterocycles. The minimum absolute atomic E-state index is 0.219. The van der Waals surface area contributed by atoms with Crippen molar-refractivity contribution in [3.63, 3.8) is 0 Å². The summed E-state index contributed by atoms with van der Waals surface area (Å²) < 4.78 is 4.85. The van der Waals surface area contributed by atoms with Gasteiger partial charge in [0.05, 0.1) is 41.3 Å². The Morgan fingerprint density at radius 3 is 3.10 bits per heavy atom. The highest BCUT2D eigenvalue weighted by atomic mass is 16.5. The molecule has 108 valence electrons. The lowest BCUT2D eigenvalue weighted by Gasteiger charge is -2.13. The summed E-state index contributed by atoms with van der Waals surface area (Å²) >= 11 is 0. The van der Waals surface area contributed by atoms with Crippen molar-refractivity contribution < 1.29 is 9.84 Å². The van der Waals surface area contributed by atoms with Crippen LogP contribution in [0.5, 0.6) is 0 Å². The van der Waals surface area contributed by atoms with E-state index in [0.29, 0.717) is 41.9 Å². The number of nitrogens with one attached hydrogen (secondary N) is 2. The summed E-state index contributed by atoms with van der Waals surface area (Å²) in [7, 11) is 1.54. The van der Waals surface area contributed by atoms with Crippen LogP contribution in [0, 0.1) is 0 Å². The van der Waals surface area contributed by atoms with E-state index in [0.717, 1.165) is 0 Å². The number of fused-ring (bicyclic) bond motifs is 1. The average Bonchev–Trinajstić information content (AvgIpc) is 2.41. The van der Waals surface area contributed by atoms with E-state index in [-0.39, 0.29) is 5.56 Å². The number of ether oxygens (including phenoxy) is 1. The van der Waals surface area contributed by atoms with E-state index in [1.165, 1.54) is 6.33 Å². The number of H-pyrrole nitrogens is 1. The van der Waals surface area contributed by atoms with Crippen LogP contribution >= 0.6 is 0 Å². The number of nitrogen functional groups attached to an aromatic ring is 1. The zero-order valence-corrected chi connectivity index (χ0v) is 11.2. The second-order valence-electron chi connectivity index (χ2n) is 4.51. The van der Waals surface area contributed by atoms with Gasteiger partial charge in [-0.05, 0) is 18.6 Å². The number of hydrogen-bond acceptors (Lipinski definition) is 6. The smallest absolute Gasteiger partial charge is 0.258 e. The van der Waals surface area contributed by atoms with Crippen LogP contribution in [0.3, 0.4) is 0 Å². The normalized spacial score (nSPS) is 12.5. The standard InChI is InChI=1S/C13H18N4O3/c1-20-6-8(18)2-3-15-12-5-11-9(4-10(12)14)13(19)17-7-16-11/h4-5,7-8,15,18H,2-3,6,14H2,1H3,(H,16,17,19). The largest absolute Gasteiger partial charge is 0.397 e. The lowest BCUT2D eigenvalue weighted by atomic mass is 10.2. The minimum atomic E-state index is -0.518. The van der Waals surface area contributed by atoms with Crippen LogP contribution in [0.1, 0.15) is 6.42 Å². The van der Waals surface area contributed by atoms with E-state index in [1.54, 1.807) is 19.2 Å². The zero-order chi connectivity index (χ0) is 14.5. The molecule has 0 saturated heterocycles. The highest BCUT2D eigenvalue weighted by molar-refractivity contribution is 5.88. The molecule has 20 heavy (non-hydrogen) atoms. The first-order valence-electron chi connectivity index (χ1n) is 6.29.